The highest BCUT2D eigenvalue weighted by molar-refractivity contribution is 5.78. The van der Waals surface area contributed by atoms with Crippen LogP contribution in [0.15, 0.2) is 24.3 Å². The average molecular weight is 376 g/mol. The van der Waals surface area contributed by atoms with Crippen LogP contribution in [-0.4, -0.2) is 66.1 Å². The number of benzene rings is 1. The number of rotatable bonds is 8. The zero-order valence-electron chi connectivity index (χ0n) is 16.7. The monoisotopic (exact) mass is 376 g/mol. The number of hydrogen-bond donors (Lipinski definition) is 1. The molecule has 1 aliphatic rings. The van der Waals surface area contributed by atoms with E-state index >= 15 is 0 Å². The van der Waals surface area contributed by atoms with Gasteiger partial charge in [0, 0.05) is 19.1 Å². The van der Waals surface area contributed by atoms with Crippen molar-refractivity contribution in [2.75, 3.05) is 33.3 Å². The molecule has 150 valence electrons. The fourth-order valence-corrected chi connectivity index (χ4v) is 3.36. The van der Waals surface area contributed by atoms with Crippen LogP contribution in [0, 0.1) is 5.92 Å². The number of likely N-dealkylation sites (tertiary alicyclic amines) is 1. The number of carboxylic acid groups (broad SMARTS) is 1. The van der Waals surface area contributed by atoms with E-state index in [2.05, 4.69) is 13.8 Å². The van der Waals surface area contributed by atoms with Gasteiger partial charge in [-0.3, -0.25) is 14.5 Å². The molecule has 27 heavy (non-hydrogen) atoms. The van der Waals surface area contributed by atoms with Gasteiger partial charge >= 0.3 is 5.97 Å². The lowest BCUT2D eigenvalue weighted by Gasteiger charge is -2.25. The van der Waals surface area contributed by atoms with Crippen LogP contribution in [0.2, 0.25) is 0 Å². The van der Waals surface area contributed by atoms with E-state index in [4.69, 9.17) is 9.84 Å². The highest BCUT2D eigenvalue weighted by atomic mass is 16.5. The van der Waals surface area contributed by atoms with Gasteiger partial charge in [0.2, 0.25) is 5.91 Å². The summed E-state index contributed by atoms with van der Waals surface area (Å²) < 4.78 is 5.68. The number of hydrogen-bond acceptors (Lipinski definition) is 4. The maximum absolute atomic E-state index is 12.7. The van der Waals surface area contributed by atoms with E-state index in [9.17, 15) is 9.59 Å². The lowest BCUT2D eigenvalue weighted by molar-refractivity contribution is -0.138. The summed E-state index contributed by atoms with van der Waals surface area (Å²) >= 11 is 0. The van der Waals surface area contributed by atoms with Gasteiger partial charge in [-0.2, -0.15) is 0 Å². The molecule has 0 aliphatic carbocycles. The van der Waals surface area contributed by atoms with E-state index < -0.39 is 5.97 Å². The van der Waals surface area contributed by atoms with Crippen molar-refractivity contribution in [1.29, 1.82) is 0 Å². The van der Waals surface area contributed by atoms with Crippen molar-refractivity contribution in [3.63, 3.8) is 0 Å². The van der Waals surface area contributed by atoms with E-state index in [-0.39, 0.29) is 18.5 Å². The number of carbonyl (C=O) groups is 2. The fourth-order valence-electron chi connectivity index (χ4n) is 3.36. The molecule has 0 aromatic heterocycles. The third-order valence-corrected chi connectivity index (χ3v) is 4.92. The highest BCUT2D eigenvalue weighted by Crippen LogP contribution is 2.18. The second-order valence-electron chi connectivity index (χ2n) is 7.80. The SMILES string of the molecule is CC(C)COc1ccc(CC(=O)N2CCC[C@H](N(C)CC(=O)O)CC2)cc1. The van der Waals surface area contributed by atoms with E-state index in [0.29, 0.717) is 25.5 Å². The van der Waals surface area contributed by atoms with Gasteiger partial charge in [0.25, 0.3) is 0 Å². The molecule has 1 fully saturated rings. The first-order valence-electron chi connectivity index (χ1n) is 9.76. The Hall–Kier alpha value is -2.08. The summed E-state index contributed by atoms with van der Waals surface area (Å²) in [7, 11) is 1.85. The molecule has 0 radical (unpaired) electrons. The van der Waals surface area contributed by atoms with Crippen molar-refractivity contribution in [2.24, 2.45) is 5.92 Å². The Balaban J connectivity index is 1.84. The van der Waals surface area contributed by atoms with Crippen molar-refractivity contribution in [3.8, 4) is 5.75 Å². The Kier molecular flexibility index (Phi) is 8.10. The highest BCUT2D eigenvalue weighted by Gasteiger charge is 2.24. The summed E-state index contributed by atoms with van der Waals surface area (Å²) in [6.45, 7) is 6.37. The first-order valence-corrected chi connectivity index (χ1v) is 9.76. The molecule has 1 saturated heterocycles. The van der Waals surface area contributed by atoms with Gasteiger partial charge in [-0.15, -0.1) is 0 Å². The lowest BCUT2D eigenvalue weighted by atomic mass is 10.1. The summed E-state index contributed by atoms with van der Waals surface area (Å²) in [5.41, 5.74) is 0.987. The van der Waals surface area contributed by atoms with Crippen molar-refractivity contribution in [3.05, 3.63) is 29.8 Å². The Morgan fingerprint density at radius 1 is 1.22 bits per heavy atom. The Bertz CT molecular complexity index is 615. The van der Waals surface area contributed by atoms with Crippen molar-refractivity contribution < 1.29 is 19.4 Å². The molecule has 0 unspecified atom stereocenters. The molecule has 1 amide bonds. The van der Waals surface area contributed by atoms with E-state index in [1.165, 1.54) is 0 Å². The zero-order chi connectivity index (χ0) is 19.8. The molecule has 1 N–H and O–H groups in total. The van der Waals surface area contributed by atoms with E-state index in [1.54, 1.807) is 0 Å². The third kappa shape index (κ3) is 7.21. The second-order valence-corrected chi connectivity index (χ2v) is 7.80. The van der Waals surface area contributed by atoms with Gasteiger partial charge in [0.05, 0.1) is 19.6 Å². The van der Waals surface area contributed by atoms with E-state index in [0.717, 1.165) is 37.1 Å². The molecular weight excluding hydrogens is 344 g/mol. The summed E-state index contributed by atoms with van der Waals surface area (Å²) in [5, 5.41) is 8.95. The number of carboxylic acids is 1. The molecule has 6 heteroatoms. The van der Waals surface area contributed by atoms with Crippen LogP contribution < -0.4 is 4.74 Å². The van der Waals surface area contributed by atoms with Gasteiger partial charge in [0.15, 0.2) is 0 Å². The molecule has 1 aromatic rings. The molecule has 1 heterocycles. The average Bonchev–Trinajstić information content (AvgIpc) is 2.87. The van der Waals surface area contributed by atoms with Gasteiger partial charge in [-0.25, -0.2) is 0 Å². The number of aliphatic carboxylic acids is 1. The predicted molar refractivity (Wildman–Crippen MR) is 105 cm³/mol. The minimum atomic E-state index is -0.810. The number of carbonyl (C=O) groups excluding carboxylic acids is 1. The number of likely N-dealkylation sites (N-methyl/N-ethyl adjacent to an activating group) is 1. The third-order valence-electron chi connectivity index (χ3n) is 4.92. The summed E-state index contributed by atoms with van der Waals surface area (Å²) in [5.74, 6) is 0.634. The van der Waals surface area contributed by atoms with Crippen molar-refractivity contribution >= 4 is 11.9 Å². The molecule has 0 bridgehead atoms. The number of nitrogens with zero attached hydrogens (tertiary/aromatic N) is 2. The Morgan fingerprint density at radius 3 is 2.56 bits per heavy atom. The molecule has 2 rings (SSSR count). The predicted octanol–water partition coefficient (Wildman–Crippen LogP) is 2.66. The molecule has 6 nitrogen and oxygen atoms in total. The maximum atomic E-state index is 12.7. The lowest BCUT2D eigenvalue weighted by Crippen LogP contribution is -2.37. The first kappa shape index (κ1) is 21.2. The van der Waals surface area contributed by atoms with Crippen LogP contribution in [0.1, 0.15) is 38.7 Å². The maximum Gasteiger partial charge on any atom is 0.317 e. The van der Waals surface area contributed by atoms with Crippen LogP contribution in [0.5, 0.6) is 5.75 Å². The normalized spacial score (nSPS) is 17.8. The summed E-state index contributed by atoms with van der Waals surface area (Å²) in [4.78, 5) is 27.4. The molecule has 0 saturated carbocycles. The summed E-state index contributed by atoms with van der Waals surface area (Å²) in [6.07, 6.45) is 3.04. The standard InChI is InChI=1S/C21H32N2O4/c1-16(2)15-27-19-8-6-17(7-9-19)13-20(24)23-11-4-5-18(10-12-23)22(3)14-21(25)26/h6-9,16,18H,4-5,10-15H2,1-3H3,(H,25,26)/t18-/m0/s1. The van der Waals surface area contributed by atoms with Crippen LogP contribution >= 0.6 is 0 Å². The fraction of sp³-hybridized carbons (Fsp3) is 0.619. The molecule has 0 spiro atoms. The summed E-state index contributed by atoms with van der Waals surface area (Å²) in [6, 6.07) is 7.97. The Morgan fingerprint density at radius 2 is 1.93 bits per heavy atom. The minimum absolute atomic E-state index is 0.0455. The van der Waals surface area contributed by atoms with Crippen LogP contribution in [0.25, 0.3) is 0 Å². The topological polar surface area (TPSA) is 70.1 Å². The molecule has 1 aromatic carbocycles. The van der Waals surface area contributed by atoms with Crippen LogP contribution in [0.4, 0.5) is 0 Å². The second kappa shape index (κ2) is 10.3. The largest absolute Gasteiger partial charge is 0.493 e. The minimum Gasteiger partial charge on any atom is -0.493 e. The van der Waals surface area contributed by atoms with Crippen LogP contribution in [0.3, 0.4) is 0 Å². The number of amides is 1. The van der Waals surface area contributed by atoms with Gasteiger partial charge in [-0.1, -0.05) is 26.0 Å². The molecule has 1 aliphatic heterocycles. The molecular formula is C21H32N2O4. The van der Waals surface area contributed by atoms with Crippen LogP contribution in [-0.2, 0) is 16.0 Å². The first-order chi connectivity index (χ1) is 12.8. The van der Waals surface area contributed by atoms with Gasteiger partial charge in [-0.05, 0) is 49.9 Å². The van der Waals surface area contributed by atoms with Crippen molar-refractivity contribution in [1.82, 2.24) is 9.80 Å². The zero-order valence-corrected chi connectivity index (χ0v) is 16.7. The van der Waals surface area contributed by atoms with E-state index in [1.807, 2.05) is 41.1 Å². The van der Waals surface area contributed by atoms with Gasteiger partial charge < -0.3 is 14.7 Å². The number of ether oxygens (including phenoxy) is 1. The molecule has 1 atom stereocenters. The Labute approximate surface area is 162 Å². The smallest absolute Gasteiger partial charge is 0.317 e. The van der Waals surface area contributed by atoms with Gasteiger partial charge in [0.1, 0.15) is 5.75 Å². The quantitative estimate of drug-likeness (QED) is 0.755. The van der Waals surface area contributed by atoms with Crippen molar-refractivity contribution in [2.45, 2.75) is 45.6 Å².